The van der Waals surface area contributed by atoms with Gasteiger partial charge in [-0.15, -0.1) is 0 Å². The summed E-state index contributed by atoms with van der Waals surface area (Å²) in [5.41, 5.74) is 4.20. The minimum absolute atomic E-state index is 0.174. The molecule has 0 bridgehead atoms. The van der Waals surface area contributed by atoms with Gasteiger partial charge in [-0.2, -0.15) is 0 Å². The van der Waals surface area contributed by atoms with Crippen molar-refractivity contribution in [2.24, 2.45) is 0 Å². The third-order valence-corrected chi connectivity index (χ3v) is 11.3. The van der Waals surface area contributed by atoms with Gasteiger partial charge in [0.2, 0.25) is 0 Å². The van der Waals surface area contributed by atoms with Crippen LogP contribution in [0.3, 0.4) is 0 Å². The largest absolute Gasteiger partial charge is 0.379 e. The summed E-state index contributed by atoms with van der Waals surface area (Å²) in [5.74, 6) is -0.200. The average Bonchev–Trinajstić information content (AvgIpc) is 3.85. The first kappa shape index (κ1) is 31.4. The molecule has 8 nitrogen and oxygen atoms in total. The molecule has 1 N–H and O–H groups in total. The lowest BCUT2D eigenvalue weighted by Crippen LogP contribution is -2.48. The number of carbonyl (C=O) groups is 1. The Labute approximate surface area is 279 Å². The Morgan fingerprint density at radius 2 is 1.72 bits per heavy atom. The molecule has 1 aliphatic carbocycles. The normalized spacial score (nSPS) is 19.3. The molecule has 3 aromatic carbocycles. The minimum atomic E-state index is -3.52. The lowest BCUT2D eigenvalue weighted by atomic mass is 9.93. The minimum Gasteiger partial charge on any atom is -0.379 e. The first-order valence-corrected chi connectivity index (χ1v) is 18.7. The molecule has 10 heteroatoms. The monoisotopic (exact) mass is 702 g/mol. The molecule has 1 aromatic heterocycles. The highest BCUT2D eigenvalue weighted by atomic mass is 79.9. The highest BCUT2D eigenvalue weighted by molar-refractivity contribution is 9.10. The van der Waals surface area contributed by atoms with E-state index in [2.05, 4.69) is 43.2 Å². The smallest absolute Gasteiger partial charge is 0.253 e. The van der Waals surface area contributed by atoms with Crippen molar-refractivity contribution in [3.8, 4) is 11.3 Å². The van der Waals surface area contributed by atoms with Crippen molar-refractivity contribution in [2.45, 2.75) is 48.7 Å². The number of hydrogen-bond donors (Lipinski definition) is 1. The third kappa shape index (κ3) is 6.51. The second-order valence-corrected chi connectivity index (χ2v) is 15.8. The van der Waals surface area contributed by atoms with Gasteiger partial charge in [-0.05, 0) is 74.7 Å². The number of pyridine rings is 1. The fourth-order valence-electron chi connectivity index (χ4n) is 7.06. The van der Waals surface area contributed by atoms with Crippen molar-refractivity contribution >= 4 is 42.6 Å². The Bertz CT molecular complexity index is 1870. The number of rotatable bonds is 8. The van der Waals surface area contributed by atoms with Gasteiger partial charge >= 0.3 is 0 Å². The zero-order chi connectivity index (χ0) is 31.9. The summed E-state index contributed by atoms with van der Waals surface area (Å²) in [4.78, 5) is 25.0. The van der Waals surface area contributed by atoms with Crippen molar-refractivity contribution in [3.05, 3.63) is 94.0 Å². The van der Waals surface area contributed by atoms with E-state index in [1.807, 2.05) is 42.5 Å². The Kier molecular flexibility index (Phi) is 8.75. The zero-order valence-corrected chi connectivity index (χ0v) is 28.4. The summed E-state index contributed by atoms with van der Waals surface area (Å²) in [6, 6.07) is 23.6. The molecule has 4 aromatic rings. The number of morpholine rings is 1. The lowest BCUT2D eigenvalue weighted by Gasteiger charge is -2.40. The van der Waals surface area contributed by atoms with Crippen LogP contribution in [-0.2, 0) is 26.7 Å². The van der Waals surface area contributed by atoms with Gasteiger partial charge in [0.05, 0.1) is 40.4 Å². The molecule has 2 saturated heterocycles. The maximum Gasteiger partial charge on any atom is 0.253 e. The van der Waals surface area contributed by atoms with Crippen LogP contribution in [0.5, 0.6) is 0 Å². The van der Waals surface area contributed by atoms with Crippen LogP contribution in [0.4, 0.5) is 0 Å². The van der Waals surface area contributed by atoms with Crippen LogP contribution in [-0.4, -0.2) is 80.8 Å². The van der Waals surface area contributed by atoms with E-state index in [9.17, 15) is 13.2 Å². The van der Waals surface area contributed by atoms with E-state index in [-0.39, 0.29) is 10.8 Å². The van der Waals surface area contributed by atoms with Gasteiger partial charge in [0.1, 0.15) is 0 Å². The predicted octanol–water partition coefficient (Wildman–Crippen LogP) is 5.78. The van der Waals surface area contributed by atoms with Gasteiger partial charge in [0.25, 0.3) is 5.91 Å². The molecule has 0 atom stereocenters. The second kappa shape index (κ2) is 12.8. The topological polar surface area (TPSA) is 91.8 Å². The Balaban J connectivity index is 1.34. The first-order chi connectivity index (χ1) is 22.2. The molecule has 0 radical (unpaired) electrons. The molecule has 0 unspecified atom stereocenters. The Morgan fingerprint density at radius 1 is 0.978 bits per heavy atom. The SMILES string of the molecule is CS(=O)(=O)c1ccc2nc(-c3cccc(Br)c3)c(CN3CCC(N4CCOCC4)CC3)c(C(=O)NC3(c4ccccc4)CC3)c2c1. The third-order valence-electron chi connectivity index (χ3n) is 9.74. The summed E-state index contributed by atoms with van der Waals surface area (Å²) in [6.07, 6.45) is 4.99. The number of fused-ring (bicyclic) bond motifs is 1. The van der Waals surface area contributed by atoms with Crippen molar-refractivity contribution in [3.63, 3.8) is 0 Å². The molecule has 46 heavy (non-hydrogen) atoms. The van der Waals surface area contributed by atoms with E-state index in [1.165, 1.54) is 6.26 Å². The van der Waals surface area contributed by atoms with E-state index < -0.39 is 15.4 Å². The van der Waals surface area contributed by atoms with Gasteiger partial charge < -0.3 is 10.1 Å². The van der Waals surface area contributed by atoms with Crippen LogP contribution >= 0.6 is 15.9 Å². The van der Waals surface area contributed by atoms with Gasteiger partial charge in [0.15, 0.2) is 9.84 Å². The fraction of sp³-hybridized carbons (Fsp3) is 0.389. The molecule has 1 saturated carbocycles. The number of nitrogens with zero attached hydrogens (tertiary/aromatic N) is 3. The number of carbonyl (C=O) groups excluding carboxylic acids is 1. The van der Waals surface area contributed by atoms with Crippen molar-refractivity contribution in [1.82, 2.24) is 20.1 Å². The number of benzene rings is 3. The molecule has 0 spiro atoms. The Hall–Kier alpha value is -3.15. The number of hydrogen-bond acceptors (Lipinski definition) is 7. The van der Waals surface area contributed by atoms with E-state index in [1.54, 1.807) is 18.2 Å². The molecule has 2 aliphatic heterocycles. The highest BCUT2D eigenvalue weighted by Crippen LogP contribution is 2.46. The number of sulfone groups is 1. The molecule has 3 aliphatic rings. The maximum atomic E-state index is 14.7. The van der Waals surface area contributed by atoms with E-state index in [4.69, 9.17) is 9.72 Å². The standard InChI is InChI=1S/C36H39BrN4O4S/c1-46(43,44)29-10-11-32-30(23-29)33(35(42)39-36(14-15-36)26-7-3-2-4-8-26)31(34(38-32)25-6-5-9-27(37)22-25)24-40-16-12-28(13-17-40)41-18-20-45-21-19-41/h2-11,22-23,28H,12-21,24H2,1H3,(H,39,42). The summed E-state index contributed by atoms with van der Waals surface area (Å²) in [5, 5.41) is 3.96. The van der Waals surface area contributed by atoms with Crippen LogP contribution in [0.2, 0.25) is 0 Å². The molecule has 240 valence electrons. The van der Waals surface area contributed by atoms with Gasteiger partial charge in [-0.25, -0.2) is 13.4 Å². The number of piperidine rings is 1. The molecular weight excluding hydrogens is 664 g/mol. The molecule has 3 fully saturated rings. The number of aromatic nitrogens is 1. The second-order valence-electron chi connectivity index (χ2n) is 12.8. The van der Waals surface area contributed by atoms with Gasteiger partial charge in [0, 0.05) is 52.9 Å². The quantitative estimate of drug-likeness (QED) is 0.249. The predicted molar refractivity (Wildman–Crippen MR) is 183 cm³/mol. The van der Waals surface area contributed by atoms with Crippen LogP contribution in [0.25, 0.3) is 22.2 Å². The first-order valence-electron chi connectivity index (χ1n) is 16.0. The van der Waals surface area contributed by atoms with Crippen molar-refractivity contribution in [2.75, 3.05) is 45.6 Å². The fourth-order valence-corrected chi connectivity index (χ4v) is 8.10. The molecule has 1 amide bonds. The van der Waals surface area contributed by atoms with E-state index >= 15 is 0 Å². The maximum absolute atomic E-state index is 14.7. The zero-order valence-electron chi connectivity index (χ0n) is 26.0. The van der Waals surface area contributed by atoms with Gasteiger partial charge in [-0.3, -0.25) is 14.6 Å². The number of nitrogens with one attached hydrogen (secondary N) is 1. The Morgan fingerprint density at radius 3 is 2.39 bits per heavy atom. The molecular formula is C36H39BrN4O4S. The highest BCUT2D eigenvalue weighted by Gasteiger charge is 2.46. The summed E-state index contributed by atoms with van der Waals surface area (Å²) < 4.78 is 32.0. The number of likely N-dealkylation sites (tertiary alicyclic amines) is 1. The number of amides is 1. The van der Waals surface area contributed by atoms with Gasteiger partial charge in [-0.1, -0.05) is 58.4 Å². The van der Waals surface area contributed by atoms with Crippen LogP contribution < -0.4 is 5.32 Å². The summed E-state index contributed by atoms with van der Waals surface area (Å²) >= 11 is 3.63. The number of ether oxygens (including phenoxy) is 1. The lowest BCUT2D eigenvalue weighted by molar-refractivity contribution is 0.000225. The van der Waals surface area contributed by atoms with Crippen LogP contribution in [0.1, 0.15) is 47.2 Å². The van der Waals surface area contributed by atoms with Crippen molar-refractivity contribution < 1.29 is 17.9 Å². The van der Waals surface area contributed by atoms with Crippen LogP contribution in [0, 0.1) is 0 Å². The summed E-state index contributed by atoms with van der Waals surface area (Å²) in [7, 11) is -3.52. The van der Waals surface area contributed by atoms with E-state index in [0.29, 0.717) is 29.1 Å². The molecule has 7 rings (SSSR count). The van der Waals surface area contributed by atoms with Crippen LogP contribution in [0.15, 0.2) is 82.2 Å². The summed E-state index contributed by atoms with van der Waals surface area (Å²) in [6.45, 7) is 5.86. The number of halogens is 1. The van der Waals surface area contributed by atoms with E-state index in [0.717, 1.165) is 91.9 Å². The average molecular weight is 704 g/mol. The van der Waals surface area contributed by atoms with Crippen molar-refractivity contribution in [1.29, 1.82) is 0 Å². The molecule has 3 heterocycles.